The molecule has 1 aliphatic rings. The van der Waals surface area contributed by atoms with Crippen molar-refractivity contribution in [1.29, 1.82) is 0 Å². The Morgan fingerprint density at radius 2 is 2.35 bits per heavy atom. The molecule has 6 nitrogen and oxygen atoms in total. The predicted molar refractivity (Wildman–Crippen MR) is 71.6 cm³/mol. The second kappa shape index (κ2) is 6.57. The van der Waals surface area contributed by atoms with Crippen LogP contribution in [0.1, 0.15) is 6.42 Å². The highest BCUT2D eigenvalue weighted by atomic mass is 127. The lowest BCUT2D eigenvalue weighted by Gasteiger charge is -2.36. The molecule has 4 atom stereocenters. The Balaban J connectivity index is 2.76. The monoisotopic (exact) mass is 355 g/mol. The first-order valence-corrected chi connectivity index (χ1v) is 6.30. The Hall–Kier alpha value is -0.315. The van der Waals surface area contributed by atoms with Gasteiger partial charge >= 0.3 is 0 Å². The fraction of sp³-hybridized carbons (Fsp3) is 0.667. The molecule has 96 valence electrons. The number of aliphatic hydroxyl groups is 3. The van der Waals surface area contributed by atoms with Gasteiger partial charge in [-0.2, -0.15) is 0 Å². The summed E-state index contributed by atoms with van der Waals surface area (Å²) >= 11 is 1.59. The molecule has 17 heavy (non-hydrogen) atoms. The first-order valence-electron chi connectivity index (χ1n) is 5.22. The summed E-state index contributed by atoms with van der Waals surface area (Å²) in [5.41, 5.74) is 0.623. The minimum absolute atomic E-state index is 0.264. The number of carbonyl (C=O) groups is 1. The van der Waals surface area contributed by atoms with Gasteiger partial charge in [-0.15, -0.1) is 0 Å². The van der Waals surface area contributed by atoms with Crippen LogP contribution in [-0.2, 0) is 4.74 Å². The minimum atomic E-state index is -1.29. The summed E-state index contributed by atoms with van der Waals surface area (Å²) in [6.07, 6.45) is -0.996. The van der Waals surface area contributed by atoms with Crippen molar-refractivity contribution in [2.45, 2.75) is 30.8 Å². The zero-order valence-electron chi connectivity index (χ0n) is 9.34. The van der Waals surface area contributed by atoms with Crippen molar-refractivity contribution in [3.8, 4) is 0 Å². The molecule has 4 N–H and O–H groups in total. The van der Waals surface area contributed by atoms with E-state index in [-0.39, 0.29) is 3.91 Å². The van der Waals surface area contributed by atoms with Crippen molar-refractivity contribution in [3.63, 3.8) is 0 Å². The third kappa shape index (κ3) is 4.13. The molecule has 8 heteroatoms. The average molecular weight is 355 g/mol. The van der Waals surface area contributed by atoms with Gasteiger partial charge in [-0.1, -0.05) is 6.08 Å². The van der Waals surface area contributed by atoms with Crippen LogP contribution in [0.5, 0.6) is 0 Å². The van der Waals surface area contributed by atoms with E-state index in [4.69, 9.17) is 9.84 Å². The van der Waals surface area contributed by atoms with Crippen molar-refractivity contribution in [3.05, 3.63) is 11.7 Å². The van der Waals surface area contributed by atoms with Crippen LogP contribution >= 0.6 is 22.6 Å². The number of aliphatic hydroxyl groups excluding tert-OH is 3. The van der Waals surface area contributed by atoms with Crippen LogP contribution in [-0.4, -0.2) is 58.0 Å². The molecule has 0 saturated carbocycles. The maximum Gasteiger partial charge on any atom is 0.280 e. The summed E-state index contributed by atoms with van der Waals surface area (Å²) in [4.78, 5) is 11.0. The quantitative estimate of drug-likeness (QED) is 0.213. The Morgan fingerprint density at radius 3 is 2.88 bits per heavy atom. The number of halogens is 1. The third-order valence-electron chi connectivity index (χ3n) is 2.59. The second-order valence-electron chi connectivity index (χ2n) is 3.90. The standard InChI is InChI=1S/C9H15BINO5/c10-6-2-1-4(12-9(11)16)8(17-6)7(15)5(14)3-13/h2,4-5,7-8,13-15H,1,3,10H2,(H,12,16)/t4-,5+,7+,8?/m1/s1. The molecule has 0 fully saturated rings. The summed E-state index contributed by atoms with van der Waals surface area (Å²) in [6.45, 7) is -0.561. The molecule has 0 spiro atoms. The third-order valence-corrected chi connectivity index (χ3v) is 2.91. The van der Waals surface area contributed by atoms with Crippen LogP contribution in [0.2, 0.25) is 0 Å². The number of hydrogen-bond donors (Lipinski definition) is 4. The lowest BCUT2D eigenvalue weighted by atomic mass is 9.92. The van der Waals surface area contributed by atoms with Gasteiger partial charge < -0.3 is 25.4 Å². The second-order valence-corrected chi connectivity index (χ2v) is 4.88. The highest BCUT2D eigenvalue weighted by molar-refractivity contribution is 14.1. The molecule has 0 saturated heterocycles. The summed E-state index contributed by atoms with van der Waals surface area (Å²) in [6, 6.07) is -0.417. The maximum absolute atomic E-state index is 11.0. The van der Waals surface area contributed by atoms with Gasteiger partial charge in [0, 0.05) is 28.2 Å². The normalized spacial score (nSPS) is 27.6. The van der Waals surface area contributed by atoms with Gasteiger partial charge in [0.05, 0.1) is 12.6 Å². The summed E-state index contributed by atoms with van der Waals surface area (Å²) in [5, 5.41) is 30.7. The molecule has 0 aliphatic carbocycles. The van der Waals surface area contributed by atoms with Crippen molar-refractivity contribution >= 4 is 34.4 Å². The van der Waals surface area contributed by atoms with Gasteiger partial charge in [0.1, 0.15) is 18.3 Å². The Morgan fingerprint density at radius 1 is 1.71 bits per heavy atom. The fourth-order valence-electron chi connectivity index (χ4n) is 1.69. The Bertz CT molecular complexity index is 314. The van der Waals surface area contributed by atoms with E-state index in [0.717, 1.165) is 0 Å². The Kier molecular flexibility index (Phi) is 5.70. The lowest BCUT2D eigenvalue weighted by molar-refractivity contribution is -0.0951. The zero-order chi connectivity index (χ0) is 13.0. The van der Waals surface area contributed by atoms with Crippen LogP contribution in [0.15, 0.2) is 11.7 Å². The largest absolute Gasteiger partial charge is 0.501 e. The van der Waals surface area contributed by atoms with E-state index in [9.17, 15) is 15.0 Å². The summed E-state index contributed by atoms with van der Waals surface area (Å²) < 4.78 is 5.14. The van der Waals surface area contributed by atoms with E-state index in [1.165, 1.54) is 0 Å². The van der Waals surface area contributed by atoms with Crippen LogP contribution in [0.25, 0.3) is 0 Å². The Labute approximate surface area is 114 Å². The summed E-state index contributed by atoms with van der Waals surface area (Å²) in [5.74, 6) is 0. The van der Waals surface area contributed by atoms with E-state index >= 15 is 0 Å². The first-order chi connectivity index (χ1) is 7.95. The molecule has 0 aromatic carbocycles. The molecule has 1 heterocycles. The van der Waals surface area contributed by atoms with Gasteiger partial charge in [-0.05, 0) is 6.42 Å². The van der Waals surface area contributed by atoms with Crippen molar-refractivity contribution in [2.24, 2.45) is 0 Å². The molecule has 1 aliphatic heterocycles. The molecule has 1 unspecified atom stereocenters. The average Bonchev–Trinajstić information content (AvgIpc) is 2.29. The number of nitrogens with one attached hydrogen (secondary N) is 1. The highest BCUT2D eigenvalue weighted by Gasteiger charge is 2.36. The summed E-state index contributed by atoms with van der Waals surface area (Å²) in [7, 11) is 1.73. The first kappa shape index (κ1) is 14.7. The molecule has 0 bridgehead atoms. The van der Waals surface area contributed by atoms with Crippen molar-refractivity contribution in [2.75, 3.05) is 6.61 Å². The molecular formula is C9H15BINO5. The van der Waals surface area contributed by atoms with E-state index in [1.54, 1.807) is 36.5 Å². The van der Waals surface area contributed by atoms with Crippen LogP contribution < -0.4 is 5.32 Å². The molecule has 1 amide bonds. The maximum atomic E-state index is 11.0. The van der Waals surface area contributed by atoms with Gasteiger partial charge in [0.2, 0.25) is 0 Å². The van der Waals surface area contributed by atoms with E-state index in [2.05, 4.69) is 5.32 Å². The molecular weight excluding hydrogens is 340 g/mol. The van der Waals surface area contributed by atoms with Crippen LogP contribution in [0.4, 0.5) is 4.79 Å². The number of rotatable bonds is 4. The molecule has 0 radical (unpaired) electrons. The van der Waals surface area contributed by atoms with Gasteiger partial charge in [0.15, 0.2) is 7.85 Å². The van der Waals surface area contributed by atoms with Crippen LogP contribution in [0.3, 0.4) is 0 Å². The van der Waals surface area contributed by atoms with Gasteiger partial charge in [-0.25, -0.2) is 0 Å². The molecule has 0 aromatic rings. The fourth-order valence-corrected chi connectivity index (χ4v) is 2.09. The van der Waals surface area contributed by atoms with Crippen molar-refractivity contribution in [1.82, 2.24) is 5.32 Å². The number of amides is 1. The van der Waals surface area contributed by atoms with E-state index in [0.29, 0.717) is 12.1 Å². The predicted octanol–water partition coefficient (Wildman–Crippen LogP) is -1.52. The number of carbonyl (C=O) groups excluding carboxylic acids is 1. The number of ether oxygens (including phenoxy) is 1. The van der Waals surface area contributed by atoms with Crippen molar-refractivity contribution < 1.29 is 24.9 Å². The minimum Gasteiger partial charge on any atom is -0.501 e. The van der Waals surface area contributed by atoms with E-state index in [1.807, 2.05) is 0 Å². The van der Waals surface area contributed by atoms with Gasteiger partial charge in [-0.3, -0.25) is 4.79 Å². The topological polar surface area (TPSA) is 99.0 Å². The van der Waals surface area contributed by atoms with E-state index < -0.39 is 31.0 Å². The smallest absolute Gasteiger partial charge is 0.280 e. The lowest BCUT2D eigenvalue weighted by Crippen LogP contribution is -2.54. The SMILES string of the molecule is BC1=CC[C@@H](NC(=O)I)C([C@@H](O)[C@@H](O)CO)O1. The number of hydrogen-bond acceptors (Lipinski definition) is 5. The zero-order valence-corrected chi connectivity index (χ0v) is 11.5. The highest BCUT2D eigenvalue weighted by Crippen LogP contribution is 2.20. The van der Waals surface area contributed by atoms with Gasteiger partial charge in [0.25, 0.3) is 3.91 Å². The molecule has 1 rings (SSSR count). The molecule has 0 aromatic heterocycles. The van der Waals surface area contributed by atoms with Crippen LogP contribution in [0, 0.1) is 0 Å².